The minimum Gasteiger partial charge on any atom is -0.497 e. The Kier molecular flexibility index (Phi) is 7.07. The molecule has 25 heavy (non-hydrogen) atoms. The number of amides is 1. The highest BCUT2D eigenvalue weighted by molar-refractivity contribution is 5.84. The van der Waals surface area contributed by atoms with Crippen LogP contribution >= 0.6 is 0 Å². The molecule has 0 spiro atoms. The Morgan fingerprint density at radius 1 is 1.08 bits per heavy atom. The minimum atomic E-state index is -1.12. The standard InChI is InChI=1S/C19H23NO5/c1-24-15-9-7-14(8-10-15)5-3-2-4-6-18(21)20-13-16-11-12-17(25-16)19(22)23/h7-12H,2-6,13H2,1H3,(H,20,21)(H,22,23). The second kappa shape index (κ2) is 9.52. The van der Waals surface area contributed by atoms with E-state index in [4.69, 9.17) is 14.3 Å². The van der Waals surface area contributed by atoms with E-state index in [0.29, 0.717) is 12.2 Å². The van der Waals surface area contributed by atoms with Crippen LogP contribution in [-0.2, 0) is 17.8 Å². The third kappa shape index (κ3) is 6.33. The molecule has 0 saturated carbocycles. The first-order chi connectivity index (χ1) is 12.1. The minimum absolute atomic E-state index is 0.0577. The van der Waals surface area contributed by atoms with Crippen molar-refractivity contribution in [3.05, 3.63) is 53.5 Å². The summed E-state index contributed by atoms with van der Waals surface area (Å²) in [7, 11) is 1.65. The van der Waals surface area contributed by atoms with Crippen molar-refractivity contribution in [3.63, 3.8) is 0 Å². The lowest BCUT2D eigenvalue weighted by Gasteiger charge is -2.05. The molecule has 2 N–H and O–H groups in total. The summed E-state index contributed by atoms with van der Waals surface area (Å²) >= 11 is 0. The number of aryl methyl sites for hydroxylation is 1. The van der Waals surface area contributed by atoms with Crippen LogP contribution in [0.2, 0.25) is 0 Å². The summed E-state index contributed by atoms with van der Waals surface area (Å²) in [5.41, 5.74) is 1.26. The monoisotopic (exact) mass is 345 g/mol. The number of aromatic carboxylic acids is 1. The van der Waals surface area contributed by atoms with Crippen molar-refractivity contribution in [2.45, 2.75) is 38.6 Å². The number of hydrogen-bond acceptors (Lipinski definition) is 4. The highest BCUT2D eigenvalue weighted by atomic mass is 16.5. The maximum Gasteiger partial charge on any atom is 0.371 e. The van der Waals surface area contributed by atoms with Crippen molar-refractivity contribution in [2.75, 3.05) is 7.11 Å². The molecule has 0 atom stereocenters. The van der Waals surface area contributed by atoms with E-state index in [2.05, 4.69) is 17.4 Å². The molecular formula is C19H23NO5. The summed E-state index contributed by atoms with van der Waals surface area (Å²) in [4.78, 5) is 22.5. The number of furan rings is 1. The van der Waals surface area contributed by atoms with Crippen LogP contribution in [0, 0.1) is 0 Å². The molecule has 1 heterocycles. The Labute approximate surface area is 146 Å². The second-order valence-electron chi connectivity index (χ2n) is 5.76. The molecule has 0 fully saturated rings. The highest BCUT2D eigenvalue weighted by Gasteiger charge is 2.09. The molecule has 6 nitrogen and oxygen atoms in total. The Balaban J connectivity index is 1.57. The van der Waals surface area contributed by atoms with Gasteiger partial charge in [-0.25, -0.2) is 4.79 Å². The molecule has 0 bridgehead atoms. The van der Waals surface area contributed by atoms with Crippen molar-refractivity contribution in [1.82, 2.24) is 5.32 Å². The van der Waals surface area contributed by atoms with Crippen LogP contribution in [0.3, 0.4) is 0 Å². The Hall–Kier alpha value is -2.76. The van der Waals surface area contributed by atoms with Crippen LogP contribution in [0.4, 0.5) is 0 Å². The van der Waals surface area contributed by atoms with Gasteiger partial charge in [0.15, 0.2) is 0 Å². The molecule has 0 aliphatic carbocycles. The zero-order chi connectivity index (χ0) is 18.1. The molecule has 134 valence electrons. The van der Waals surface area contributed by atoms with Crippen LogP contribution in [-0.4, -0.2) is 24.1 Å². The van der Waals surface area contributed by atoms with Gasteiger partial charge in [-0.1, -0.05) is 18.6 Å². The van der Waals surface area contributed by atoms with E-state index in [1.807, 2.05) is 12.1 Å². The van der Waals surface area contributed by atoms with Crippen LogP contribution in [0.5, 0.6) is 5.75 Å². The lowest BCUT2D eigenvalue weighted by atomic mass is 10.1. The van der Waals surface area contributed by atoms with Gasteiger partial charge in [-0.3, -0.25) is 4.79 Å². The molecule has 0 aliphatic rings. The number of hydrogen-bond donors (Lipinski definition) is 2. The number of nitrogens with one attached hydrogen (secondary N) is 1. The van der Waals surface area contributed by atoms with Crippen LogP contribution in [0.15, 0.2) is 40.8 Å². The predicted molar refractivity (Wildman–Crippen MR) is 92.7 cm³/mol. The second-order valence-corrected chi connectivity index (χ2v) is 5.76. The summed E-state index contributed by atoms with van der Waals surface area (Å²) in [5.74, 6) is -0.00681. The van der Waals surface area contributed by atoms with Gasteiger partial charge in [0.25, 0.3) is 0 Å². The number of carboxylic acids is 1. The summed E-state index contributed by atoms with van der Waals surface area (Å²) < 4.78 is 10.2. The van der Waals surface area contributed by atoms with Gasteiger partial charge in [-0.05, 0) is 49.1 Å². The highest BCUT2D eigenvalue weighted by Crippen LogP contribution is 2.14. The van der Waals surface area contributed by atoms with Gasteiger partial charge in [-0.15, -0.1) is 0 Å². The van der Waals surface area contributed by atoms with E-state index in [-0.39, 0.29) is 18.2 Å². The van der Waals surface area contributed by atoms with Gasteiger partial charge in [0, 0.05) is 6.42 Å². The lowest BCUT2D eigenvalue weighted by Crippen LogP contribution is -2.22. The zero-order valence-corrected chi connectivity index (χ0v) is 14.3. The number of benzene rings is 1. The zero-order valence-electron chi connectivity index (χ0n) is 14.3. The third-order valence-corrected chi connectivity index (χ3v) is 3.86. The number of carboxylic acid groups (broad SMARTS) is 1. The van der Waals surface area contributed by atoms with Gasteiger partial charge in [0.05, 0.1) is 13.7 Å². The molecule has 0 radical (unpaired) electrons. The summed E-state index contributed by atoms with van der Waals surface area (Å²) in [6, 6.07) is 10.9. The molecule has 0 unspecified atom stereocenters. The number of ether oxygens (including phenoxy) is 1. The molecule has 0 saturated heterocycles. The Morgan fingerprint density at radius 3 is 2.48 bits per heavy atom. The first-order valence-corrected chi connectivity index (χ1v) is 8.30. The number of unbranched alkanes of at least 4 members (excludes halogenated alkanes) is 2. The number of methoxy groups -OCH3 is 1. The average Bonchev–Trinajstić information content (AvgIpc) is 3.09. The van der Waals surface area contributed by atoms with E-state index in [0.717, 1.165) is 31.4 Å². The molecule has 2 aromatic rings. The van der Waals surface area contributed by atoms with E-state index in [9.17, 15) is 9.59 Å². The number of rotatable bonds is 10. The van der Waals surface area contributed by atoms with E-state index in [1.165, 1.54) is 11.6 Å². The van der Waals surface area contributed by atoms with Crippen molar-refractivity contribution in [3.8, 4) is 5.75 Å². The molecule has 6 heteroatoms. The van der Waals surface area contributed by atoms with Gasteiger partial charge >= 0.3 is 5.97 Å². The number of carbonyl (C=O) groups excluding carboxylic acids is 1. The largest absolute Gasteiger partial charge is 0.497 e. The first kappa shape index (κ1) is 18.6. The fourth-order valence-corrected chi connectivity index (χ4v) is 2.45. The predicted octanol–water partition coefficient (Wildman–Crippen LogP) is 3.41. The van der Waals surface area contributed by atoms with Crippen LogP contribution < -0.4 is 10.1 Å². The topological polar surface area (TPSA) is 88.8 Å². The summed E-state index contributed by atoms with van der Waals surface area (Å²) in [6.07, 6.45) is 4.26. The first-order valence-electron chi connectivity index (χ1n) is 8.30. The third-order valence-electron chi connectivity index (χ3n) is 3.86. The van der Waals surface area contributed by atoms with Gasteiger partial charge in [0.1, 0.15) is 11.5 Å². The van der Waals surface area contributed by atoms with E-state index in [1.54, 1.807) is 13.2 Å². The van der Waals surface area contributed by atoms with Crippen molar-refractivity contribution in [2.24, 2.45) is 0 Å². The molecule has 0 aliphatic heterocycles. The van der Waals surface area contributed by atoms with E-state index < -0.39 is 5.97 Å². The Bertz CT molecular complexity index is 690. The van der Waals surface area contributed by atoms with E-state index >= 15 is 0 Å². The fourth-order valence-electron chi connectivity index (χ4n) is 2.45. The summed E-state index contributed by atoms with van der Waals surface area (Å²) in [5, 5.41) is 11.5. The number of carbonyl (C=O) groups is 2. The van der Waals surface area contributed by atoms with Crippen LogP contribution in [0.1, 0.15) is 47.6 Å². The van der Waals surface area contributed by atoms with Gasteiger partial charge in [-0.2, -0.15) is 0 Å². The molecule has 1 amide bonds. The fraction of sp³-hybridized carbons (Fsp3) is 0.368. The normalized spacial score (nSPS) is 10.4. The van der Waals surface area contributed by atoms with Gasteiger partial charge < -0.3 is 19.6 Å². The maximum atomic E-state index is 11.8. The molecule has 1 aromatic carbocycles. The van der Waals surface area contributed by atoms with Crippen LogP contribution in [0.25, 0.3) is 0 Å². The van der Waals surface area contributed by atoms with Crippen molar-refractivity contribution >= 4 is 11.9 Å². The maximum absolute atomic E-state index is 11.8. The van der Waals surface area contributed by atoms with Crippen molar-refractivity contribution < 1.29 is 23.8 Å². The molecule has 2 rings (SSSR count). The smallest absolute Gasteiger partial charge is 0.371 e. The summed E-state index contributed by atoms with van der Waals surface area (Å²) in [6.45, 7) is 0.206. The lowest BCUT2D eigenvalue weighted by molar-refractivity contribution is -0.121. The van der Waals surface area contributed by atoms with Gasteiger partial charge in [0.2, 0.25) is 11.7 Å². The molecular weight excluding hydrogens is 322 g/mol. The quantitative estimate of drug-likeness (QED) is 0.644. The SMILES string of the molecule is COc1ccc(CCCCCC(=O)NCc2ccc(C(=O)O)o2)cc1. The van der Waals surface area contributed by atoms with Crippen molar-refractivity contribution in [1.29, 1.82) is 0 Å². The molecule has 1 aromatic heterocycles. The Morgan fingerprint density at radius 2 is 1.84 bits per heavy atom. The average molecular weight is 345 g/mol.